The molecule has 1 amide bonds. The first kappa shape index (κ1) is 32.3. The van der Waals surface area contributed by atoms with E-state index in [1.807, 2.05) is 115 Å². The molecule has 0 aromatic heterocycles. The molecule has 1 atom stereocenters. The van der Waals surface area contributed by atoms with Crippen LogP contribution < -0.4 is 9.47 Å². The van der Waals surface area contributed by atoms with E-state index in [9.17, 15) is 14.7 Å². The first-order valence-corrected chi connectivity index (χ1v) is 15.7. The number of carboxylic acids is 1. The number of likely N-dealkylation sites (N-methyl/N-ethyl adjacent to an activating group) is 1. The quantitative estimate of drug-likeness (QED) is 0.142. The maximum Gasteiger partial charge on any atom is 0.410 e. The molecule has 1 aliphatic carbocycles. The van der Waals surface area contributed by atoms with Crippen LogP contribution in [0.2, 0.25) is 0 Å². The van der Waals surface area contributed by atoms with Crippen LogP contribution in [0.1, 0.15) is 33.7 Å². The van der Waals surface area contributed by atoms with Crippen molar-refractivity contribution in [1.82, 2.24) is 4.90 Å². The van der Waals surface area contributed by atoms with E-state index in [0.29, 0.717) is 11.5 Å². The number of hydrogen-bond acceptors (Lipinski definition) is 6. The summed E-state index contributed by atoms with van der Waals surface area (Å²) in [6.07, 6.45) is -0.757. The summed E-state index contributed by atoms with van der Waals surface area (Å²) in [4.78, 5) is 27.4. The standard InChI is InChI=1S/C40H37NO7/c1-41(39(44)47-25-36-34-15-9-7-13-32(34)33-14-8-10-16-35(33)36)37(38(42)43)26-48-40(27-11-5-4-6-12-27,28-17-21-30(45-2)22-18-28)29-19-23-31(46-3)24-20-29/h4-24,36-37H,25-26H2,1-3H3,(H,42,43)/t37-/m0/s1. The number of benzene rings is 5. The maximum atomic E-state index is 13.5. The van der Waals surface area contributed by atoms with Gasteiger partial charge in [0.2, 0.25) is 0 Å². The number of hydrogen-bond donors (Lipinski definition) is 1. The van der Waals surface area contributed by atoms with Crippen molar-refractivity contribution in [3.63, 3.8) is 0 Å². The fraction of sp³-hybridized carbons (Fsp3) is 0.200. The Balaban J connectivity index is 1.29. The molecule has 8 nitrogen and oxygen atoms in total. The average molecular weight is 644 g/mol. The molecule has 5 aromatic carbocycles. The van der Waals surface area contributed by atoms with E-state index in [0.717, 1.165) is 43.8 Å². The molecular weight excluding hydrogens is 606 g/mol. The normalized spacial score (nSPS) is 12.8. The molecule has 0 spiro atoms. The first-order chi connectivity index (χ1) is 23.4. The molecule has 1 aliphatic rings. The molecule has 8 heteroatoms. The second kappa shape index (κ2) is 14.0. The molecule has 48 heavy (non-hydrogen) atoms. The predicted octanol–water partition coefficient (Wildman–Crippen LogP) is 7.35. The van der Waals surface area contributed by atoms with Gasteiger partial charge in [0.25, 0.3) is 0 Å². The molecule has 0 bridgehead atoms. The van der Waals surface area contributed by atoms with Gasteiger partial charge in [0.1, 0.15) is 23.7 Å². The fourth-order valence-corrected chi connectivity index (χ4v) is 6.45. The summed E-state index contributed by atoms with van der Waals surface area (Å²) in [5, 5.41) is 10.4. The van der Waals surface area contributed by atoms with Crippen molar-refractivity contribution >= 4 is 12.1 Å². The number of amides is 1. The Morgan fingerprint density at radius 2 is 1.15 bits per heavy atom. The van der Waals surface area contributed by atoms with E-state index >= 15 is 0 Å². The van der Waals surface area contributed by atoms with Crippen LogP contribution in [0.15, 0.2) is 127 Å². The Bertz CT molecular complexity index is 1780. The number of aliphatic carboxylic acids is 1. The highest BCUT2D eigenvalue weighted by Crippen LogP contribution is 2.45. The van der Waals surface area contributed by atoms with Crippen LogP contribution >= 0.6 is 0 Å². The summed E-state index contributed by atoms with van der Waals surface area (Å²) in [5.74, 6) is -0.0646. The fourth-order valence-electron chi connectivity index (χ4n) is 6.45. The van der Waals surface area contributed by atoms with Crippen molar-refractivity contribution in [3.05, 3.63) is 155 Å². The van der Waals surface area contributed by atoms with Crippen LogP contribution in [-0.4, -0.2) is 62.6 Å². The number of carbonyl (C=O) groups excluding carboxylic acids is 1. The van der Waals surface area contributed by atoms with Crippen LogP contribution in [0.25, 0.3) is 11.1 Å². The highest BCUT2D eigenvalue weighted by molar-refractivity contribution is 5.81. The van der Waals surface area contributed by atoms with Gasteiger partial charge in [-0.05, 0) is 63.2 Å². The second-order valence-electron chi connectivity index (χ2n) is 11.6. The van der Waals surface area contributed by atoms with Gasteiger partial charge < -0.3 is 24.1 Å². The van der Waals surface area contributed by atoms with Gasteiger partial charge in [0.05, 0.1) is 20.8 Å². The highest BCUT2D eigenvalue weighted by Gasteiger charge is 2.41. The third-order valence-electron chi connectivity index (χ3n) is 9.01. The topological polar surface area (TPSA) is 94.5 Å². The first-order valence-electron chi connectivity index (χ1n) is 15.7. The number of methoxy groups -OCH3 is 2. The lowest BCUT2D eigenvalue weighted by atomic mass is 9.80. The van der Waals surface area contributed by atoms with E-state index in [2.05, 4.69) is 12.1 Å². The SMILES string of the molecule is COc1ccc(C(OC[C@@H](C(=O)O)N(C)C(=O)OCC2c3ccccc3-c3ccccc32)(c2ccccc2)c2ccc(OC)cc2)cc1. The van der Waals surface area contributed by atoms with Crippen LogP contribution in [-0.2, 0) is 19.9 Å². The van der Waals surface area contributed by atoms with Gasteiger partial charge in [-0.3, -0.25) is 4.90 Å². The number of nitrogens with zero attached hydrogens (tertiary/aromatic N) is 1. The zero-order chi connectivity index (χ0) is 33.7. The third-order valence-corrected chi connectivity index (χ3v) is 9.01. The molecule has 5 aromatic rings. The molecule has 1 N–H and O–H groups in total. The zero-order valence-corrected chi connectivity index (χ0v) is 27.0. The average Bonchev–Trinajstić information content (AvgIpc) is 3.46. The molecule has 0 unspecified atom stereocenters. The molecule has 244 valence electrons. The van der Waals surface area contributed by atoms with Crippen LogP contribution in [0, 0.1) is 0 Å². The highest BCUT2D eigenvalue weighted by atomic mass is 16.6. The Kier molecular flexibility index (Phi) is 9.45. The van der Waals surface area contributed by atoms with Gasteiger partial charge in [0.15, 0.2) is 6.04 Å². The smallest absolute Gasteiger partial charge is 0.410 e. The maximum absolute atomic E-state index is 13.5. The largest absolute Gasteiger partial charge is 0.497 e. The minimum atomic E-state index is -1.36. The van der Waals surface area contributed by atoms with Crippen LogP contribution in [0.3, 0.4) is 0 Å². The Hall–Kier alpha value is -5.60. The Labute approximate surface area is 280 Å². The van der Waals surface area contributed by atoms with Crippen molar-refractivity contribution in [1.29, 1.82) is 0 Å². The summed E-state index contributed by atoms with van der Waals surface area (Å²) in [7, 11) is 4.61. The summed E-state index contributed by atoms with van der Waals surface area (Å²) >= 11 is 0. The zero-order valence-electron chi connectivity index (χ0n) is 27.0. The lowest BCUT2D eigenvalue weighted by molar-refractivity contribution is -0.146. The molecule has 0 radical (unpaired) electrons. The Morgan fingerprint density at radius 3 is 1.62 bits per heavy atom. The van der Waals surface area contributed by atoms with Crippen LogP contribution in [0.4, 0.5) is 4.79 Å². The summed E-state index contributed by atoms with van der Waals surface area (Å²) in [6, 6.07) is 39.2. The number of rotatable bonds is 12. The van der Waals surface area contributed by atoms with E-state index in [-0.39, 0.29) is 19.1 Å². The van der Waals surface area contributed by atoms with Gasteiger partial charge in [-0.1, -0.05) is 103 Å². The van der Waals surface area contributed by atoms with Gasteiger partial charge in [-0.25, -0.2) is 9.59 Å². The van der Waals surface area contributed by atoms with Gasteiger partial charge in [0, 0.05) is 13.0 Å². The van der Waals surface area contributed by atoms with E-state index in [4.69, 9.17) is 18.9 Å². The Morgan fingerprint density at radius 1 is 0.688 bits per heavy atom. The molecule has 0 saturated heterocycles. The van der Waals surface area contributed by atoms with Crippen molar-refractivity contribution in [2.24, 2.45) is 0 Å². The molecule has 0 aliphatic heterocycles. The van der Waals surface area contributed by atoms with E-state index in [1.54, 1.807) is 14.2 Å². The van der Waals surface area contributed by atoms with Crippen molar-refractivity contribution in [3.8, 4) is 22.6 Å². The van der Waals surface area contributed by atoms with Crippen molar-refractivity contribution in [2.45, 2.75) is 17.6 Å². The number of carbonyl (C=O) groups is 2. The second-order valence-corrected chi connectivity index (χ2v) is 11.6. The summed E-state index contributed by atoms with van der Waals surface area (Å²) in [5.41, 5.74) is 5.35. The van der Waals surface area contributed by atoms with E-state index < -0.39 is 23.7 Å². The number of carboxylic acid groups (broad SMARTS) is 1. The van der Waals surface area contributed by atoms with Crippen molar-refractivity contribution in [2.75, 3.05) is 34.5 Å². The number of ether oxygens (including phenoxy) is 4. The lowest BCUT2D eigenvalue weighted by Gasteiger charge is -2.37. The van der Waals surface area contributed by atoms with Crippen molar-refractivity contribution < 1.29 is 33.6 Å². The molecular formula is C40H37NO7. The predicted molar refractivity (Wildman–Crippen MR) is 183 cm³/mol. The van der Waals surface area contributed by atoms with Gasteiger partial charge in [-0.15, -0.1) is 0 Å². The molecule has 0 fully saturated rings. The molecule has 0 heterocycles. The third kappa shape index (κ3) is 6.10. The monoisotopic (exact) mass is 643 g/mol. The summed E-state index contributed by atoms with van der Waals surface area (Å²) < 4.78 is 23.4. The van der Waals surface area contributed by atoms with Gasteiger partial charge >= 0.3 is 12.1 Å². The molecule has 0 saturated carbocycles. The minimum Gasteiger partial charge on any atom is -0.497 e. The van der Waals surface area contributed by atoms with E-state index in [1.165, 1.54) is 7.05 Å². The van der Waals surface area contributed by atoms with Gasteiger partial charge in [-0.2, -0.15) is 0 Å². The lowest BCUT2D eigenvalue weighted by Crippen LogP contribution is -2.48. The summed E-state index contributed by atoms with van der Waals surface area (Å²) in [6.45, 7) is -0.279. The minimum absolute atomic E-state index is 0.0655. The van der Waals surface area contributed by atoms with Crippen LogP contribution in [0.5, 0.6) is 11.5 Å². The molecule has 6 rings (SSSR count). The number of fused-ring (bicyclic) bond motifs is 3.